The molecule has 0 heterocycles. The summed E-state index contributed by atoms with van der Waals surface area (Å²) in [7, 11) is 0. The molecular formula is C15H13BrN2O4. The average Bonchev–Trinajstić information content (AvgIpc) is 2.47. The summed E-state index contributed by atoms with van der Waals surface area (Å²) in [6.07, 6.45) is -0.584. The van der Waals surface area contributed by atoms with Gasteiger partial charge in [-0.15, -0.1) is 0 Å². The first-order valence-corrected chi connectivity index (χ1v) is 7.21. The van der Waals surface area contributed by atoms with Crippen molar-refractivity contribution in [3.63, 3.8) is 0 Å². The normalized spacial score (nSPS) is 11.8. The first-order valence-electron chi connectivity index (χ1n) is 6.42. The van der Waals surface area contributed by atoms with E-state index in [1.54, 1.807) is 31.2 Å². The molecule has 0 unspecified atom stereocenters. The summed E-state index contributed by atoms with van der Waals surface area (Å²) in [5.74, 6) is -0.444. The molecule has 1 amide bonds. The van der Waals surface area contributed by atoms with E-state index in [0.717, 1.165) is 5.56 Å². The minimum atomic E-state index is -0.584. The molecule has 7 heteroatoms. The monoisotopic (exact) mass is 364 g/mol. The molecule has 2 rings (SSSR count). The van der Waals surface area contributed by atoms with Crippen molar-refractivity contribution in [2.75, 3.05) is 5.32 Å². The van der Waals surface area contributed by atoms with Crippen molar-refractivity contribution in [2.45, 2.75) is 13.0 Å². The second-order valence-electron chi connectivity index (χ2n) is 4.68. The van der Waals surface area contributed by atoms with Gasteiger partial charge in [0.25, 0.3) is 11.6 Å². The Labute approximate surface area is 135 Å². The zero-order valence-corrected chi connectivity index (χ0v) is 13.2. The summed E-state index contributed by atoms with van der Waals surface area (Å²) in [4.78, 5) is 22.4. The number of nitro groups is 1. The number of nitrogens with zero attached hydrogens (tertiary/aromatic N) is 1. The number of anilines is 1. The molecule has 22 heavy (non-hydrogen) atoms. The van der Waals surface area contributed by atoms with E-state index in [0.29, 0.717) is 10.2 Å². The maximum Gasteiger partial charge on any atom is 0.284 e. The van der Waals surface area contributed by atoms with Gasteiger partial charge in [0.15, 0.2) is 0 Å². The van der Waals surface area contributed by atoms with E-state index >= 15 is 0 Å². The Balaban J connectivity index is 2.18. The smallest absolute Gasteiger partial charge is 0.284 e. The number of benzene rings is 2. The average molecular weight is 365 g/mol. The maximum absolute atomic E-state index is 12.1. The summed E-state index contributed by atoms with van der Waals surface area (Å²) in [5.41, 5.74) is 1.30. The Kier molecular flexibility index (Phi) is 4.89. The van der Waals surface area contributed by atoms with Crippen LogP contribution in [0.1, 0.15) is 28.9 Å². The SMILES string of the molecule is C[C@@H](O)c1ccc(NC(=O)c2ccc(Br)c([N+](=O)[O-])c2)cc1. The molecule has 1 atom stereocenters. The third kappa shape index (κ3) is 3.69. The minimum Gasteiger partial charge on any atom is -0.389 e. The summed E-state index contributed by atoms with van der Waals surface area (Å²) >= 11 is 3.07. The Morgan fingerprint density at radius 1 is 1.27 bits per heavy atom. The van der Waals surface area contributed by atoms with Crippen LogP contribution in [0.4, 0.5) is 11.4 Å². The molecule has 0 aromatic heterocycles. The minimum absolute atomic E-state index is 0.169. The zero-order chi connectivity index (χ0) is 16.3. The number of amides is 1. The van der Waals surface area contributed by atoms with Gasteiger partial charge in [0.1, 0.15) is 0 Å². The first-order chi connectivity index (χ1) is 10.4. The summed E-state index contributed by atoms with van der Waals surface area (Å²) in [6, 6.07) is 10.9. The van der Waals surface area contributed by atoms with Gasteiger partial charge >= 0.3 is 0 Å². The number of rotatable bonds is 4. The molecule has 0 aliphatic heterocycles. The number of nitro benzene ring substituents is 1. The fourth-order valence-electron chi connectivity index (χ4n) is 1.84. The van der Waals surface area contributed by atoms with Crippen molar-refractivity contribution in [1.29, 1.82) is 0 Å². The standard InChI is InChI=1S/C15H13BrN2O4/c1-9(19)10-2-5-12(6-3-10)17-15(20)11-4-7-13(16)14(8-11)18(21)22/h2-9,19H,1H3,(H,17,20)/t9-/m1/s1. The number of aliphatic hydroxyl groups is 1. The van der Waals surface area contributed by atoms with Gasteiger partial charge in [0.05, 0.1) is 15.5 Å². The summed E-state index contributed by atoms with van der Waals surface area (Å²) in [6.45, 7) is 1.65. The fourth-order valence-corrected chi connectivity index (χ4v) is 2.23. The van der Waals surface area contributed by atoms with Crippen LogP contribution in [0.2, 0.25) is 0 Å². The van der Waals surface area contributed by atoms with Crippen molar-refractivity contribution in [2.24, 2.45) is 0 Å². The van der Waals surface area contributed by atoms with Crippen molar-refractivity contribution in [3.05, 3.63) is 68.2 Å². The van der Waals surface area contributed by atoms with E-state index in [1.165, 1.54) is 18.2 Å². The van der Waals surface area contributed by atoms with Crippen molar-refractivity contribution in [3.8, 4) is 0 Å². The van der Waals surface area contributed by atoms with Crippen LogP contribution in [-0.2, 0) is 0 Å². The molecule has 2 aromatic carbocycles. The highest BCUT2D eigenvalue weighted by atomic mass is 79.9. The summed E-state index contributed by atoms with van der Waals surface area (Å²) in [5, 5.41) is 23.0. The lowest BCUT2D eigenvalue weighted by atomic mass is 10.1. The lowest BCUT2D eigenvalue weighted by molar-refractivity contribution is -0.385. The third-order valence-electron chi connectivity index (χ3n) is 3.06. The number of nitrogens with one attached hydrogen (secondary N) is 1. The molecule has 0 aliphatic rings. The van der Waals surface area contributed by atoms with E-state index in [4.69, 9.17) is 0 Å². The molecule has 0 saturated heterocycles. The number of aliphatic hydroxyl groups excluding tert-OH is 1. The van der Waals surface area contributed by atoms with Gasteiger partial charge in [0.2, 0.25) is 0 Å². The highest BCUT2D eigenvalue weighted by Gasteiger charge is 2.16. The van der Waals surface area contributed by atoms with Crippen molar-refractivity contribution in [1.82, 2.24) is 0 Å². The molecule has 0 aliphatic carbocycles. The molecule has 114 valence electrons. The van der Waals surface area contributed by atoms with Crippen LogP contribution in [0, 0.1) is 10.1 Å². The Bertz CT molecular complexity index is 714. The van der Waals surface area contributed by atoms with Crippen LogP contribution in [0.3, 0.4) is 0 Å². The Morgan fingerprint density at radius 3 is 2.45 bits per heavy atom. The first kappa shape index (κ1) is 16.1. The van der Waals surface area contributed by atoms with Gasteiger partial charge in [-0.1, -0.05) is 12.1 Å². The maximum atomic E-state index is 12.1. The highest BCUT2D eigenvalue weighted by Crippen LogP contribution is 2.26. The highest BCUT2D eigenvalue weighted by molar-refractivity contribution is 9.10. The predicted octanol–water partition coefficient (Wildman–Crippen LogP) is 3.66. The van der Waals surface area contributed by atoms with Gasteiger partial charge in [-0.25, -0.2) is 0 Å². The Hall–Kier alpha value is -2.25. The number of halogens is 1. The van der Waals surface area contributed by atoms with Crippen molar-refractivity contribution < 1.29 is 14.8 Å². The van der Waals surface area contributed by atoms with E-state index in [1.807, 2.05) is 0 Å². The number of hydrogen-bond acceptors (Lipinski definition) is 4. The lowest BCUT2D eigenvalue weighted by Gasteiger charge is -2.08. The second kappa shape index (κ2) is 6.67. The molecule has 2 aromatic rings. The van der Waals surface area contributed by atoms with Crippen LogP contribution in [0.25, 0.3) is 0 Å². The predicted molar refractivity (Wildman–Crippen MR) is 85.8 cm³/mol. The number of carbonyl (C=O) groups is 1. The molecule has 0 spiro atoms. The van der Waals surface area contributed by atoms with E-state index in [-0.39, 0.29) is 11.3 Å². The second-order valence-corrected chi connectivity index (χ2v) is 5.53. The van der Waals surface area contributed by atoms with Crippen LogP contribution >= 0.6 is 15.9 Å². The topological polar surface area (TPSA) is 92.5 Å². The zero-order valence-electron chi connectivity index (χ0n) is 11.6. The molecule has 0 radical (unpaired) electrons. The lowest BCUT2D eigenvalue weighted by Crippen LogP contribution is -2.12. The summed E-state index contributed by atoms with van der Waals surface area (Å²) < 4.78 is 0.315. The molecule has 6 nitrogen and oxygen atoms in total. The van der Waals surface area contributed by atoms with Crippen LogP contribution < -0.4 is 5.32 Å². The largest absolute Gasteiger partial charge is 0.389 e. The van der Waals surface area contributed by atoms with Crippen LogP contribution in [0.15, 0.2) is 46.9 Å². The quantitative estimate of drug-likeness (QED) is 0.639. The van der Waals surface area contributed by atoms with E-state index in [9.17, 15) is 20.0 Å². The van der Waals surface area contributed by atoms with E-state index < -0.39 is 16.9 Å². The van der Waals surface area contributed by atoms with Crippen LogP contribution in [-0.4, -0.2) is 15.9 Å². The van der Waals surface area contributed by atoms with Gasteiger partial charge in [0, 0.05) is 17.3 Å². The molecule has 0 bridgehead atoms. The van der Waals surface area contributed by atoms with Gasteiger partial charge in [-0.05, 0) is 52.7 Å². The third-order valence-corrected chi connectivity index (χ3v) is 3.73. The molecule has 0 saturated carbocycles. The van der Waals surface area contributed by atoms with Crippen molar-refractivity contribution >= 4 is 33.2 Å². The number of carbonyl (C=O) groups excluding carboxylic acids is 1. The van der Waals surface area contributed by atoms with Crippen LogP contribution in [0.5, 0.6) is 0 Å². The Morgan fingerprint density at radius 2 is 1.91 bits per heavy atom. The molecule has 2 N–H and O–H groups in total. The number of hydrogen-bond donors (Lipinski definition) is 2. The van der Waals surface area contributed by atoms with E-state index in [2.05, 4.69) is 21.2 Å². The molecular weight excluding hydrogens is 352 g/mol. The fraction of sp³-hybridized carbons (Fsp3) is 0.133. The molecule has 0 fully saturated rings. The van der Waals surface area contributed by atoms with Gasteiger partial charge in [-0.2, -0.15) is 0 Å². The van der Waals surface area contributed by atoms with Gasteiger partial charge < -0.3 is 10.4 Å². The van der Waals surface area contributed by atoms with Gasteiger partial charge in [-0.3, -0.25) is 14.9 Å².